The van der Waals surface area contributed by atoms with Crippen LogP contribution in [0, 0.1) is 6.92 Å². The van der Waals surface area contributed by atoms with Gasteiger partial charge >= 0.3 is 0 Å². The fourth-order valence-electron chi connectivity index (χ4n) is 4.15. The fourth-order valence-corrected chi connectivity index (χ4v) is 4.89. The average molecular weight is 383 g/mol. The van der Waals surface area contributed by atoms with E-state index in [0.717, 1.165) is 61.1 Å². The van der Waals surface area contributed by atoms with Gasteiger partial charge in [0, 0.05) is 43.5 Å². The Morgan fingerprint density at radius 3 is 3.00 bits per heavy atom. The molecule has 1 fully saturated rings. The van der Waals surface area contributed by atoms with Gasteiger partial charge in [0.15, 0.2) is 4.96 Å². The van der Waals surface area contributed by atoms with Crippen LogP contribution in [0.25, 0.3) is 4.96 Å². The van der Waals surface area contributed by atoms with Crippen LogP contribution in [0.5, 0.6) is 0 Å². The Morgan fingerprint density at radius 2 is 2.15 bits per heavy atom. The highest BCUT2D eigenvalue weighted by Crippen LogP contribution is 2.40. The van der Waals surface area contributed by atoms with Crippen LogP contribution < -0.4 is 5.56 Å². The van der Waals surface area contributed by atoms with Crippen molar-refractivity contribution in [1.82, 2.24) is 24.3 Å². The van der Waals surface area contributed by atoms with Crippen molar-refractivity contribution in [3.8, 4) is 0 Å². The number of hydrogen-bond donors (Lipinski definition) is 0. The van der Waals surface area contributed by atoms with Crippen molar-refractivity contribution in [3.63, 3.8) is 0 Å². The average Bonchev–Trinajstić information content (AvgIpc) is 3.14. The smallest absolute Gasteiger partial charge is 0.258 e. The van der Waals surface area contributed by atoms with Crippen molar-refractivity contribution < 1.29 is 4.74 Å². The molecule has 5 heterocycles. The van der Waals surface area contributed by atoms with Gasteiger partial charge in [0.2, 0.25) is 0 Å². The molecule has 1 saturated heterocycles. The highest BCUT2D eigenvalue weighted by molar-refractivity contribution is 7.15. The molecule has 0 bridgehead atoms. The molecule has 7 nitrogen and oxygen atoms in total. The second-order valence-electron chi connectivity index (χ2n) is 7.30. The van der Waals surface area contributed by atoms with Crippen LogP contribution in [0.3, 0.4) is 0 Å². The van der Waals surface area contributed by atoms with Crippen molar-refractivity contribution in [2.24, 2.45) is 0 Å². The molecule has 0 amide bonds. The molecular formula is C19H21N5O2S. The molecule has 0 atom stereocenters. The van der Waals surface area contributed by atoms with Crippen LogP contribution in [0.2, 0.25) is 0 Å². The predicted octanol–water partition coefficient (Wildman–Crippen LogP) is 1.92. The van der Waals surface area contributed by atoms with E-state index in [0.29, 0.717) is 6.54 Å². The van der Waals surface area contributed by atoms with E-state index in [4.69, 9.17) is 9.72 Å². The number of rotatable bonds is 2. The van der Waals surface area contributed by atoms with E-state index in [-0.39, 0.29) is 11.2 Å². The molecule has 0 saturated carbocycles. The van der Waals surface area contributed by atoms with E-state index in [1.165, 1.54) is 16.9 Å². The van der Waals surface area contributed by atoms with Crippen LogP contribution in [0.15, 0.2) is 28.6 Å². The summed E-state index contributed by atoms with van der Waals surface area (Å²) in [6, 6.07) is 1.65. The molecule has 0 unspecified atom stereocenters. The third-order valence-corrected chi connectivity index (χ3v) is 6.33. The zero-order valence-electron chi connectivity index (χ0n) is 15.2. The van der Waals surface area contributed by atoms with E-state index in [2.05, 4.69) is 14.9 Å². The van der Waals surface area contributed by atoms with Gasteiger partial charge in [-0.25, -0.2) is 15.0 Å². The lowest BCUT2D eigenvalue weighted by Crippen LogP contribution is -2.47. The summed E-state index contributed by atoms with van der Waals surface area (Å²) in [5.74, 6) is 0.801. The SMILES string of the molecule is Cc1ncc2c(n1)C1(CCN(Cc3cc(=O)n4ccsc4n3)CC1)OCC2. The largest absolute Gasteiger partial charge is 0.368 e. The zero-order chi connectivity index (χ0) is 18.4. The number of hydrogen-bond acceptors (Lipinski definition) is 7. The number of nitrogens with zero attached hydrogens (tertiary/aromatic N) is 5. The number of ether oxygens (including phenoxy) is 1. The van der Waals surface area contributed by atoms with E-state index in [1.54, 1.807) is 16.7 Å². The quantitative estimate of drug-likeness (QED) is 0.673. The lowest BCUT2D eigenvalue weighted by Gasteiger charge is -2.44. The third kappa shape index (κ3) is 2.97. The van der Waals surface area contributed by atoms with Crippen molar-refractivity contribution in [2.75, 3.05) is 19.7 Å². The minimum absolute atomic E-state index is 0.0125. The van der Waals surface area contributed by atoms with Crippen LogP contribution in [0.1, 0.15) is 35.6 Å². The van der Waals surface area contributed by atoms with Gasteiger partial charge in [0.1, 0.15) is 11.4 Å². The Balaban J connectivity index is 1.35. The zero-order valence-corrected chi connectivity index (χ0v) is 16.0. The number of aromatic nitrogens is 4. The molecule has 0 N–H and O–H groups in total. The Labute approximate surface area is 160 Å². The highest BCUT2D eigenvalue weighted by atomic mass is 32.1. The Morgan fingerprint density at radius 1 is 1.30 bits per heavy atom. The molecule has 0 aliphatic carbocycles. The monoisotopic (exact) mass is 383 g/mol. The Hall–Kier alpha value is -2.16. The van der Waals surface area contributed by atoms with Gasteiger partial charge in [-0.05, 0) is 31.7 Å². The van der Waals surface area contributed by atoms with Crippen molar-refractivity contribution in [3.05, 3.63) is 57.0 Å². The van der Waals surface area contributed by atoms with E-state index < -0.39 is 0 Å². The standard InChI is InChI=1S/C19H21N5O2S/c1-13-20-11-14-2-8-26-19(17(14)21-13)3-5-23(6-4-19)12-15-10-16(25)24-7-9-27-18(24)22-15/h7,9-11H,2-6,8,12H2,1H3. The van der Waals surface area contributed by atoms with Gasteiger partial charge in [-0.15, -0.1) is 11.3 Å². The Kier molecular flexibility index (Phi) is 4.07. The maximum absolute atomic E-state index is 12.2. The molecule has 27 heavy (non-hydrogen) atoms. The second kappa shape index (κ2) is 6.47. The van der Waals surface area contributed by atoms with E-state index >= 15 is 0 Å². The van der Waals surface area contributed by atoms with Gasteiger partial charge in [0.05, 0.1) is 18.0 Å². The van der Waals surface area contributed by atoms with Gasteiger partial charge in [0.25, 0.3) is 5.56 Å². The van der Waals surface area contributed by atoms with Gasteiger partial charge in [-0.2, -0.15) is 0 Å². The molecule has 5 rings (SSSR count). The molecular weight excluding hydrogens is 362 g/mol. The van der Waals surface area contributed by atoms with Crippen molar-refractivity contribution >= 4 is 16.3 Å². The Bertz CT molecular complexity index is 1050. The van der Waals surface area contributed by atoms with Gasteiger partial charge in [-0.1, -0.05) is 0 Å². The minimum atomic E-state index is -0.289. The molecule has 0 aromatic carbocycles. The van der Waals surface area contributed by atoms with Gasteiger partial charge in [-0.3, -0.25) is 14.1 Å². The highest BCUT2D eigenvalue weighted by Gasteiger charge is 2.42. The molecule has 2 aliphatic heterocycles. The summed E-state index contributed by atoms with van der Waals surface area (Å²) in [4.78, 5) is 29.0. The third-order valence-electron chi connectivity index (χ3n) is 5.57. The minimum Gasteiger partial charge on any atom is -0.368 e. The molecule has 140 valence electrons. The first-order chi connectivity index (χ1) is 13.1. The fraction of sp³-hybridized carbons (Fsp3) is 0.474. The summed E-state index contributed by atoms with van der Waals surface area (Å²) in [5.41, 5.74) is 2.83. The summed E-state index contributed by atoms with van der Waals surface area (Å²) in [6.07, 6.45) is 6.41. The molecule has 8 heteroatoms. The maximum atomic E-state index is 12.2. The summed E-state index contributed by atoms with van der Waals surface area (Å²) in [6.45, 7) is 5.15. The number of likely N-dealkylation sites (tertiary alicyclic amines) is 1. The maximum Gasteiger partial charge on any atom is 0.258 e. The summed E-state index contributed by atoms with van der Waals surface area (Å²) in [5, 5.41) is 1.89. The first-order valence-corrected chi connectivity index (χ1v) is 10.2. The molecule has 1 spiro atoms. The molecule has 0 radical (unpaired) electrons. The number of fused-ring (bicyclic) bond motifs is 3. The van der Waals surface area contributed by atoms with Crippen molar-refractivity contribution in [2.45, 2.75) is 38.3 Å². The second-order valence-corrected chi connectivity index (χ2v) is 8.17. The summed E-state index contributed by atoms with van der Waals surface area (Å²) in [7, 11) is 0. The first-order valence-electron chi connectivity index (χ1n) is 9.28. The summed E-state index contributed by atoms with van der Waals surface area (Å²) >= 11 is 1.49. The predicted molar refractivity (Wildman–Crippen MR) is 102 cm³/mol. The summed E-state index contributed by atoms with van der Waals surface area (Å²) < 4.78 is 7.86. The van der Waals surface area contributed by atoms with Crippen LogP contribution in [0.4, 0.5) is 0 Å². The topological polar surface area (TPSA) is 72.6 Å². The first kappa shape index (κ1) is 17.0. The number of thiazole rings is 1. The molecule has 2 aliphatic rings. The van der Waals surface area contributed by atoms with Crippen LogP contribution in [-0.2, 0) is 23.3 Å². The lowest BCUT2D eigenvalue weighted by molar-refractivity contribution is -0.102. The number of piperidine rings is 1. The van der Waals surface area contributed by atoms with Crippen molar-refractivity contribution in [1.29, 1.82) is 0 Å². The molecule has 3 aromatic heterocycles. The normalized spacial score (nSPS) is 19.4. The number of aryl methyl sites for hydroxylation is 1. The van der Waals surface area contributed by atoms with Crippen LogP contribution in [-0.4, -0.2) is 43.9 Å². The molecule has 3 aromatic rings. The van der Waals surface area contributed by atoms with Gasteiger partial charge < -0.3 is 4.74 Å². The van der Waals surface area contributed by atoms with E-state index in [9.17, 15) is 4.79 Å². The van der Waals surface area contributed by atoms with Crippen LogP contribution >= 0.6 is 11.3 Å². The lowest BCUT2D eigenvalue weighted by atomic mass is 9.83. The van der Waals surface area contributed by atoms with E-state index in [1.807, 2.05) is 18.5 Å².